The van der Waals surface area contributed by atoms with Gasteiger partial charge in [0.15, 0.2) is 11.2 Å². The summed E-state index contributed by atoms with van der Waals surface area (Å²) in [6.45, 7) is 2.62. The molecule has 41 heavy (non-hydrogen) atoms. The van der Waals surface area contributed by atoms with Gasteiger partial charge in [-0.2, -0.15) is 4.98 Å². The molecule has 0 spiro atoms. The third-order valence-corrected chi connectivity index (χ3v) is 7.19. The molecule has 0 saturated carbocycles. The third kappa shape index (κ3) is 5.61. The fraction of sp³-hybridized carbons (Fsp3) is 0.321. The van der Waals surface area contributed by atoms with E-state index in [2.05, 4.69) is 5.32 Å². The number of imidazole rings is 1. The number of carbonyl (C=O) groups excluding carboxylic acids is 2. The second-order valence-corrected chi connectivity index (χ2v) is 9.88. The Morgan fingerprint density at radius 3 is 2.24 bits per heavy atom. The maximum atomic E-state index is 13.5. The highest BCUT2D eigenvalue weighted by atomic mass is 19.1. The zero-order chi connectivity index (χ0) is 29.3. The lowest BCUT2D eigenvalue weighted by Gasteiger charge is -2.35. The molecule has 1 N–H and O–H groups in total. The first-order valence-corrected chi connectivity index (χ1v) is 13.0. The van der Waals surface area contributed by atoms with E-state index in [1.807, 2.05) is 9.80 Å². The van der Waals surface area contributed by atoms with Crippen LogP contribution >= 0.6 is 0 Å². The molecular weight excluding hydrogens is 533 g/mol. The summed E-state index contributed by atoms with van der Waals surface area (Å²) in [5.74, 6) is -0.473. The van der Waals surface area contributed by atoms with Crippen molar-refractivity contribution in [1.29, 1.82) is 0 Å². The van der Waals surface area contributed by atoms with Gasteiger partial charge in [0.2, 0.25) is 11.9 Å². The van der Waals surface area contributed by atoms with Crippen molar-refractivity contribution in [3.63, 3.8) is 0 Å². The SMILES string of the molecule is COC(=O)c1ccc(NC(=O)CN2CCN(c3nc4c(c(=O)n(C)c(=O)n4C)n3Cc3ccc(F)cc3)CC2)cc1. The Labute approximate surface area is 234 Å². The lowest BCUT2D eigenvalue weighted by Crippen LogP contribution is -2.49. The van der Waals surface area contributed by atoms with Crippen LogP contribution in [-0.2, 0) is 30.2 Å². The van der Waals surface area contributed by atoms with Crippen molar-refractivity contribution in [2.24, 2.45) is 14.1 Å². The van der Waals surface area contributed by atoms with Gasteiger partial charge < -0.3 is 15.0 Å². The van der Waals surface area contributed by atoms with Gasteiger partial charge >= 0.3 is 11.7 Å². The van der Waals surface area contributed by atoms with Gasteiger partial charge in [0.25, 0.3) is 5.56 Å². The van der Waals surface area contributed by atoms with E-state index >= 15 is 0 Å². The summed E-state index contributed by atoms with van der Waals surface area (Å²) in [6, 6.07) is 12.5. The van der Waals surface area contributed by atoms with Crippen molar-refractivity contribution in [3.8, 4) is 0 Å². The van der Waals surface area contributed by atoms with Gasteiger partial charge in [-0.15, -0.1) is 0 Å². The number of rotatable bonds is 7. The summed E-state index contributed by atoms with van der Waals surface area (Å²) < 4.78 is 22.4. The normalized spacial score (nSPS) is 13.9. The first-order valence-electron chi connectivity index (χ1n) is 13.0. The molecule has 1 amide bonds. The fourth-order valence-corrected chi connectivity index (χ4v) is 4.92. The third-order valence-electron chi connectivity index (χ3n) is 7.19. The van der Waals surface area contributed by atoms with Gasteiger partial charge in [-0.3, -0.25) is 28.2 Å². The summed E-state index contributed by atoms with van der Waals surface area (Å²) in [5, 5.41) is 2.84. The van der Waals surface area contributed by atoms with Gasteiger partial charge in [-0.25, -0.2) is 14.0 Å². The second-order valence-electron chi connectivity index (χ2n) is 9.88. The van der Waals surface area contributed by atoms with Crippen LogP contribution in [0.1, 0.15) is 15.9 Å². The van der Waals surface area contributed by atoms with E-state index in [1.165, 1.54) is 30.9 Å². The number of nitrogens with zero attached hydrogens (tertiary/aromatic N) is 6. The molecule has 0 bridgehead atoms. The first kappa shape index (κ1) is 27.8. The molecule has 5 rings (SSSR count). The molecule has 13 heteroatoms. The van der Waals surface area contributed by atoms with E-state index in [0.29, 0.717) is 43.4 Å². The Hall–Kier alpha value is -4.78. The van der Waals surface area contributed by atoms with Crippen molar-refractivity contribution in [2.45, 2.75) is 6.54 Å². The number of fused-ring (bicyclic) bond motifs is 1. The zero-order valence-electron chi connectivity index (χ0n) is 23.0. The molecule has 2 aromatic heterocycles. The number of carbonyl (C=O) groups is 2. The largest absolute Gasteiger partial charge is 0.465 e. The highest BCUT2D eigenvalue weighted by Gasteiger charge is 2.26. The van der Waals surface area contributed by atoms with Crippen LogP contribution in [0.4, 0.5) is 16.0 Å². The second kappa shape index (κ2) is 11.4. The molecule has 1 saturated heterocycles. The van der Waals surface area contributed by atoms with Crippen molar-refractivity contribution in [3.05, 3.63) is 86.3 Å². The van der Waals surface area contributed by atoms with Crippen molar-refractivity contribution in [2.75, 3.05) is 50.1 Å². The molecular formula is C28H30FN7O5. The summed E-state index contributed by atoms with van der Waals surface area (Å²) >= 11 is 0. The van der Waals surface area contributed by atoms with Gasteiger partial charge in [0.1, 0.15) is 5.82 Å². The smallest absolute Gasteiger partial charge is 0.337 e. The fourth-order valence-electron chi connectivity index (χ4n) is 4.92. The summed E-state index contributed by atoms with van der Waals surface area (Å²) in [5.41, 5.74) is 1.37. The van der Waals surface area contributed by atoms with Crippen LogP contribution in [0.3, 0.4) is 0 Å². The summed E-state index contributed by atoms with van der Waals surface area (Å²) in [4.78, 5) is 58.8. The molecule has 1 aliphatic rings. The first-order chi connectivity index (χ1) is 19.7. The number of aromatic nitrogens is 4. The van der Waals surface area contributed by atoms with E-state index in [0.717, 1.165) is 10.1 Å². The minimum absolute atomic E-state index is 0.174. The lowest BCUT2D eigenvalue weighted by atomic mass is 10.2. The minimum atomic E-state index is -0.476. The van der Waals surface area contributed by atoms with E-state index in [1.54, 1.807) is 48.0 Å². The number of hydrogen-bond acceptors (Lipinski definition) is 8. The molecule has 4 aromatic rings. The van der Waals surface area contributed by atoms with Crippen LogP contribution < -0.4 is 21.5 Å². The standard InChI is InChI=1S/C28H30FN7O5/c1-32-24-23(25(38)33(2)28(32)40)36(16-18-4-8-20(29)9-5-18)27(31-24)35-14-12-34(13-15-35)17-22(37)30-21-10-6-19(7-11-21)26(39)41-3/h4-11H,12-17H2,1-3H3,(H,30,37). The maximum Gasteiger partial charge on any atom is 0.337 e. The number of piperazine rings is 1. The molecule has 3 heterocycles. The minimum Gasteiger partial charge on any atom is -0.465 e. The number of nitrogens with one attached hydrogen (secondary N) is 1. The summed E-state index contributed by atoms with van der Waals surface area (Å²) in [6.07, 6.45) is 0. The predicted octanol–water partition coefficient (Wildman–Crippen LogP) is 1.17. The molecule has 1 fully saturated rings. The van der Waals surface area contributed by atoms with Crippen LogP contribution in [0.5, 0.6) is 0 Å². The Morgan fingerprint density at radius 1 is 0.951 bits per heavy atom. The Balaban J connectivity index is 1.33. The maximum absolute atomic E-state index is 13.5. The van der Waals surface area contributed by atoms with Crippen LogP contribution in [0.15, 0.2) is 58.1 Å². The molecule has 2 aromatic carbocycles. The number of benzene rings is 2. The quantitative estimate of drug-likeness (QED) is 0.333. The Kier molecular flexibility index (Phi) is 7.70. The predicted molar refractivity (Wildman–Crippen MR) is 151 cm³/mol. The number of hydrogen-bond donors (Lipinski definition) is 1. The molecule has 0 radical (unpaired) electrons. The number of anilines is 2. The molecule has 214 valence electrons. The van der Waals surface area contributed by atoms with E-state index in [-0.39, 0.29) is 36.0 Å². The Morgan fingerprint density at radius 2 is 1.61 bits per heavy atom. The van der Waals surface area contributed by atoms with Crippen molar-refractivity contribution < 1.29 is 18.7 Å². The van der Waals surface area contributed by atoms with Crippen molar-refractivity contribution >= 4 is 34.7 Å². The highest BCUT2D eigenvalue weighted by molar-refractivity contribution is 5.94. The van der Waals surface area contributed by atoms with E-state index < -0.39 is 17.2 Å². The van der Waals surface area contributed by atoms with Gasteiger partial charge in [0.05, 0.1) is 25.8 Å². The number of ether oxygens (including phenoxy) is 1. The molecule has 0 unspecified atom stereocenters. The number of halogens is 1. The van der Waals surface area contributed by atoms with E-state index in [9.17, 15) is 23.6 Å². The lowest BCUT2D eigenvalue weighted by molar-refractivity contribution is -0.117. The van der Waals surface area contributed by atoms with Crippen LogP contribution in [0.25, 0.3) is 11.2 Å². The summed E-state index contributed by atoms with van der Waals surface area (Å²) in [7, 11) is 4.31. The van der Waals surface area contributed by atoms with Crippen molar-refractivity contribution in [1.82, 2.24) is 23.6 Å². The van der Waals surface area contributed by atoms with E-state index in [4.69, 9.17) is 9.72 Å². The van der Waals surface area contributed by atoms with Gasteiger partial charge in [-0.1, -0.05) is 12.1 Å². The number of methoxy groups -OCH3 is 1. The molecule has 1 aliphatic heterocycles. The number of esters is 1. The van der Waals surface area contributed by atoms with Gasteiger partial charge in [-0.05, 0) is 42.0 Å². The van der Waals surface area contributed by atoms with Crippen LogP contribution in [0.2, 0.25) is 0 Å². The topological polar surface area (TPSA) is 124 Å². The zero-order valence-corrected chi connectivity index (χ0v) is 23.0. The van der Waals surface area contributed by atoms with Crippen LogP contribution in [0, 0.1) is 5.82 Å². The van der Waals surface area contributed by atoms with Crippen LogP contribution in [-0.4, -0.2) is 75.3 Å². The Bertz CT molecular complexity index is 1720. The monoisotopic (exact) mass is 563 g/mol. The highest BCUT2D eigenvalue weighted by Crippen LogP contribution is 2.23. The average molecular weight is 564 g/mol. The molecule has 12 nitrogen and oxygen atoms in total. The molecule has 0 aliphatic carbocycles. The number of aryl methyl sites for hydroxylation is 1. The van der Waals surface area contributed by atoms with Gasteiger partial charge in [0, 0.05) is 46.0 Å². The molecule has 0 atom stereocenters. The average Bonchev–Trinajstić information content (AvgIpc) is 3.35. The number of amides is 1.